The normalized spacial score (nSPS) is 22.4. The molecule has 0 saturated carbocycles. The highest BCUT2D eigenvalue weighted by atomic mass is 16.5. The highest BCUT2D eigenvalue weighted by molar-refractivity contribution is 4.70. The van der Waals surface area contributed by atoms with Gasteiger partial charge in [-0.15, -0.1) is 0 Å². The van der Waals surface area contributed by atoms with Gasteiger partial charge < -0.3 is 15.2 Å². The van der Waals surface area contributed by atoms with E-state index >= 15 is 0 Å². The van der Waals surface area contributed by atoms with Crippen LogP contribution in [0.2, 0.25) is 0 Å². The van der Waals surface area contributed by atoms with Gasteiger partial charge in [-0.25, -0.2) is 0 Å². The second-order valence-corrected chi connectivity index (χ2v) is 3.69. The highest BCUT2D eigenvalue weighted by Crippen LogP contribution is 2.11. The monoisotopic (exact) mass is 187 g/mol. The van der Waals surface area contributed by atoms with Crippen molar-refractivity contribution in [3.63, 3.8) is 0 Å². The van der Waals surface area contributed by atoms with Crippen molar-refractivity contribution in [2.24, 2.45) is 5.92 Å². The van der Waals surface area contributed by atoms with Crippen LogP contribution >= 0.6 is 0 Å². The molecule has 1 heterocycles. The van der Waals surface area contributed by atoms with E-state index in [2.05, 4.69) is 5.32 Å². The van der Waals surface area contributed by atoms with Crippen LogP contribution in [-0.2, 0) is 4.74 Å². The van der Waals surface area contributed by atoms with Gasteiger partial charge in [-0.1, -0.05) is 0 Å². The SMILES string of the molecule is OCCCCOCCC1CCNC1. The molecule has 0 aromatic heterocycles. The molecular weight excluding hydrogens is 166 g/mol. The highest BCUT2D eigenvalue weighted by Gasteiger charge is 2.13. The fourth-order valence-corrected chi connectivity index (χ4v) is 1.63. The van der Waals surface area contributed by atoms with Crippen LogP contribution in [0, 0.1) is 5.92 Å². The molecular formula is C10H21NO2. The van der Waals surface area contributed by atoms with Crippen LogP contribution in [0.15, 0.2) is 0 Å². The van der Waals surface area contributed by atoms with E-state index in [9.17, 15) is 0 Å². The molecule has 2 N–H and O–H groups in total. The van der Waals surface area contributed by atoms with Crippen LogP contribution in [-0.4, -0.2) is 38.0 Å². The van der Waals surface area contributed by atoms with E-state index in [0.29, 0.717) is 0 Å². The fraction of sp³-hybridized carbons (Fsp3) is 1.00. The minimum Gasteiger partial charge on any atom is -0.396 e. The fourth-order valence-electron chi connectivity index (χ4n) is 1.63. The van der Waals surface area contributed by atoms with E-state index in [4.69, 9.17) is 9.84 Å². The Labute approximate surface area is 80.5 Å². The molecule has 13 heavy (non-hydrogen) atoms. The van der Waals surface area contributed by atoms with Gasteiger partial charge in [0.1, 0.15) is 0 Å². The molecule has 1 atom stereocenters. The summed E-state index contributed by atoms with van der Waals surface area (Å²) >= 11 is 0. The quantitative estimate of drug-likeness (QED) is 0.579. The molecule has 1 fully saturated rings. The van der Waals surface area contributed by atoms with Crippen molar-refractivity contribution in [2.45, 2.75) is 25.7 Å². The first-order valence-corrected chi connectivity index (χ1v) is 5.33. The maximum atomic E-state index is 8.53. The Balaban J connectivity index is 1.78. The third-order valence-electron chi connectivity index (χ3n) is 2.53. The number of nitrogens with one attached hydrogen (secondary N) is 1. The smallest absolute Gasteiger partial charge is 0.0469 e. The van der Waals surface area contributed by atoms with Gasteiger partial charge in [-0.2, -0.15) is 0 Å². The Morgan fingerprint density at radius 1 is 1.31 bits per heavy atom. The summed E-state index contributed by atoms with van der Waals surface area (Å²) in [4.78, 5) is 0. The first-order valence-electron chi connectivity index (χ1n) is 5.33. The summed E-state index contributed by atoms with van der Waals surface area (Å²) in [7, 11) is 0. The second-order valence-electron chi connectivity index (χ2n) is 3.69. The maximum Gasteiger partial charge on any atom is 0.0469 e. The van der Waals surface area contributed by atoms with Gasteiger partial charge in [0.05, 0.1) is 0 Å². The lowest BCUT2D eigenvalue weighted by atomic mass is 10.1. The van der Waals surface area contributed by atoms with Crippen LogP contribution in [0.3, 0.4) is 0 Å². The lowest BCUT2D eigenvalue weighted by Crippen LogP contribution is -2.11. The Bertz CT molecular complexity index is 113. The van der Waals surface area contributed by atoms with Gasteiger partial charge in [0.2, 0.25) is 0 Å². The topological polar surface area (TPSA) is 41.5 Å². The average molecular weight is 187 g/mol. The molecule has 78 valence electrons. The number of hydrogen-bond donors (Lipinski definition) is 2. The van der Waals surface area contributed by atoms with Crippen molar-refractivity contribution in [3.8, 4) is 0 Å². The third kappa shape index (κ3) is 5.24. The molecule has 1 aliphatic heterocycles. The number of hydrogen-bond acceptors (Lipinski definition) is 3. The van der Waals surface area contributed by atoms with Crippen LogP contribution in [0.5, 0.6) is 0 Å². The lowest BCUT2D eigenvalue weighted by molar-refractivity contribution is 0.114. The maximum absolute atomic E-state index is 8.53. The van der Waals surface area contributed by atoms with Gasteiger partial charge in [-0.3, -0.25) is 0 Å². The lowest BCUT2D eigenvalue weighted by Gasteiger charge is -2.08. The molecule has 3 heteroatoms. The summed E-state index contributed by atoms with van der Waals surface area (Å²) in [5.41, 5.74) is 0. The standard InChI is InChI=1S/C10H21NO2/c12-6-1-2-7-13-8-4-10-3-5-11-9-10/h10-12H,1-9H2. The van der Waals surface area contributed by atoms with Gasteiger partial charge in [0.15, 0.2) is 0 Å². The van der Waals surface area contributed by atoms with Gasteiger partial charge in [-0.05, 0) is 44.7 Å². The van der Waals surface area contributed by atoms with Crippen molar-refractivity contribution in [1.29, 1.82) is 0 Å². The average Bonchev–Trinajstić information content (AvgIpc) is 2.63. The second kappa shape index (κ2) is 7.30. The van der Waals surface area contributed by atoms with Gasteiger partial charge in [0, 0.05) is 19.8 Å². The van der Waals surface area contributed by atoms with Crippen molar-refractivity contribution in [1.82, 2.24) is 5.32 Å². The molecule has 0 aliphatic carbocycles. The van der Waals surface area contributed by atoms with E-state index in [1.54, 1.807) is 0 Å². The number of rotatable bonds is 7. The third-order valence-corrected chi connectivity index (χ3v) is 2.53. The Morgan fingerprint density at radius 3 is 2.92 bits per heavy atom. The molecule has 1 rings (SSSR count). The molecule has 0 spiro atoms. The van der Waals surface area contributed by atoms with Crippen molar-refractivity contribution in [2.75, 3.05) is 32.9 Å². The first kappa shape index (κ1) is 11.0. The zero-order chi connectivity index (χ0) is 9.36. The molecule has 1 saturated heterocycles. The largest absolute Gasteiger partial charge is 0.396 e. The molecule has 0 aromatic carbocycles. The molecule has 0 radical (unpaired) electrons. The summed E-state index contributed by atoms with van der Waals surface area (Å²) in [5, 5.41) is 11.9. The molecule has 0 bridgehead atoms. The van der Waals surface area contributed by atoms with Gasteiger partial charge in [0.25, 0.3) is 0 Å². The predicted octanol–water partition coefficient (Wildman–Crippen LogP) is 0.775. The van der Waals surface area contributed by atoms with E-state index in [0.717, 1.165) is 32.0 Å². The minimum atomic E-state index is 0.288. The Hall–Kier alpha value is -0.120. The summed E-state index contributed by atoms with van der Waals surface area (Å²) in [6.45, 7) is 4.32. The van der Waals surface area contributed by atoms with Crippen molar-refractivity contribution >= 4 is 0 Å². The number of aliphatic hydroxyl groups excluding tert-OH is 1. The van der Waals surface area contributed by atoms with E-state index in [-0.39, 0.29) is 6.61 Å². The van der Waals surface area contributed by atoms with E-state index < -0.39 is 0 Å². The number of ether oxygens (including phenoxy) is 1. The van der Waals surface area contributed by atoms with E-state index in [1.807, 2.05) is 0 Å². The molecule has 1 aliphatic rings. The van der Waals surface area contributed by atoms with Crippen LogP contribution in [0.25, 0.3) is 0 Å². The van der Waals surface area contributed by atoms with Crippen LogP contribution in [0.1, 0.15) is 25.7 Å². The van der Waals surface area contributed by atoms with Crippen LogP contribution < -0.4 is 5.32 Å². The summed E-state index contributed by atoms with van der Waals surface area (Å²) in [6, 6.07) is 0. The summed E-state index contributed by atoms with van der Waals surface area (Å²) in [6.07, 6.45) is 4.34. The molecule has 3 nitrogen and oxygen atoms in total. The molecule has 1 unspecified atom stereocenters. The van der Waals surface area contributed by atoms with Crippen molar-refractivity contribution in [3.05, 3.63) is 0 Å². The molecule has 0 amide bonds. The van der Waals surface area contributed by atoms with E-state index in [1.165, 1.54) is 25.9 Å². The van der Waals surface area contributed by atoms with Crippen LogP contribution in [0.4, 0.5) is 0 Å². The zero-order valence-electron chi connectivity index (χ0n) is 8.30. The predicted molar refractivity (Wildman–Crippen MR) is 52.7 cm³/mol. The summed E-state index contributed by atoms with van der Waals surface area (Å²) < 4.78 is 5.46. The first-order chi connectivity index (χ1) is 6.43. The van der Waals surface area contributed by atoms with Crippen molar-refractivity contribution < 1.29 is 9.84 Å². The summed E-state index contributed by atoms with van der Waals surface area (Å²) in [5.74, 6) is 0.831. The number of unbranched alkanes of at least 4 members (excludes halogenated alkanes) is 1. The Morgan fingerprint density at radius 2 is 2.23 bits per heavy atom. The number of aliphatic hydroxyl groups is 1. The minimum absolute atomic E-state index is 0.288. The van der Waals surface area contributed by atoms with Gasteiger partial charge >= 0.3 is 0 Å². The molecule has 0 aromatic rings. The Kier molecular flexibility index (Phi) is 6.15. The zero-order valence-corrected chi connectivity index (χ0v) is 8.30.